The zero-order chi connectivity index (χ0) is 20.4. The van der Waals surface area contributed by atoms with Crippen molar-refractivity contribution in [3.05, 3.63) is 65.1 Å². The van der Waals surface area contributed by atoms with E-state index in [0.29, 0.717) is 16.5 Å². The van der Waals surface area contributed by atoms with Crippen LogP contribution in [0.5, 0.6) is 5.75 Å². The molecule has 0 atom stereocenters. The van der Waals surface area contributed by atoms with Gasteiger partial charge in [0, 0.05) is 17.6 Å². The molecule has 0 bridgehead atoms. The van der Waals surface area contributed by atoms with Crippen LogP contribution < -0.4 is 10.2 Å². The molecule has 0 radical (unpaired) electrons. The van der Waals surface area contributed by atoms with E-state index in [-0.39, 0.29) is 5.69 Å². The van der Waals surface area contributed by atoms with Crippen molar-refractivity contribution in [3.63, 3.8) is 0 Å². The van der Waals surface area contributed by atoms with Crippen LogP contribution in [-0.4, -0.2) is 39.0 Å². The third-order valence-electron chi connectivity index (χ3n) is 4.39. The number of carbonyl (C=O) groups is 1. The normalized spacial score (nSPS) is 11.3. The molecule has 0 spiro atoms. The van der Waals surface area contributed by atoms with Crippen LogP contribution in [0.25, 0.3) is 22.3 Å². The van der Waals surface area contributed by atoms with Gasteiger partial charge in [-0.1, -0.05) is 17.7 Å². The summed E-state index contributed by atoms with van der Waals surface area (Å²) < 4.78 is 7.26. The fourth-order valence-corrected chi connectivity index (χ4v) is 3.07. The lowest BCUT2D eigenvalue weighted by molar-refractivity contribution is 0.0950. The maximum atomic E-state index is 12.3. The molecule has 29 heavy (non-hydrogen) atoms. The van der Waals surface area contributed by atoms with Crippen LogP contribution in [0.15, 0.2) is 53.9 Å². The number of nitrogens with one attached hydrogen (secondary N) is 2. The molecule has 0 saturated carbocycles. The van der Waals surface area contributed by atoms with Crippen molar-refractivity contribution in [2.24, 2.45) is 12.1 Å². The Labute approximate surface area is 171 Å². The maximum absolute atomic E-state index is 12.3. The number of methoxy groups -OCH3 is 1. The van der Waals surface area contributed by atoms with Crippen LogP contribution in [0.2, 0.25) is 5.02 Å². The van der Waals surface area contributed by atoms with Crippen molar-refractivity contribution in [3.8, 4) is 17.0 Å². The van der Waals surface area contributed by atoms with Gasteiger partial charge in [0.05, 0.1) is 36.4 Å². The Bertz CT molecular complexity index is 1230. The van der Waals surface area contributed by atoms with Gasteiger partial charge in [-0.15, -0.1) is 0 Å². The highest BCUT2D eigenvalue weighted by atomic mass is 35.5. The minimum atomic E-state index is -0.410. The Morgan fingerprint density at radius 1 is 1.28 bits per heavy atom. The van der Waals surface area contributed by atoms with E-state index >= 15 is 0 Å². The molecular weight excluding hydrogens is 392 g/mol. The number of fused-ring (bicyclic) bond motifs is 1. The molecule has 0 fully saturated rings. The number of hydrazone groups is 1. The third-order valence-corrected chi connectivity index (χ3v) is 4.63. The Balaban J connectivity index is 1.47. The van der Waals surface area contributed by atoms with Gasteiger partial charge in [-0.25, -0.2) is 10.4 Å². The third kappa shape index (κ3) is 3.83. The SMILES string of the molecule is COc1cc(Cl)ccc1-c1cc(C(=O)NN=Cc2ccc3c(c2)ncn3C)[nH]n1. The lowest BCUT2D eigenvalue weighted by Gasteiger charge is -2.05. The minimum absolute atomic E-state index is 0.273. The summed E-state index contributed by atoms with van der Waals surface area (Å²) in [6, 6.07) is 12.6. The molecule has 8 nitrogen and oxygen atoms in total. The topological polar surface area (TPSA) is 97.2 Å². The van der Waals surface area contributed by atoms with Crippen molar-refractivity contribution < 1.29 is 9.53 Å². The van der Waals surface area contributed by atoms with E-state index in [4.69, 9.17) is 16.3 Å². The fourth-order valence-electron chi connectivity index (χ4n) is 2.91. The van der Waals surface area contributed by atoms with Crippen molar-refractivity contribution in [2.45, 2.75) is 0 Å². The van der Waals surface area contributed by atoms with E-state index in [0.717, 1.165) is 22.2 Å². The minimum Gasteiger partial charge on any atom is -0.496 e. The van der Waals surface area contributed by atoms with Crippen LogP contribution in [0.1, 0.15) is 16.1 Å². The first-order chi connectivity index (χ1) is 14.0. The molecule has 4 rings (SSSR count). The largest absolute Gasteiger partial charge is 0.496 e. The smallest absolute Gasteiger partial charge is 0.289 e. The van der Waals surface area contributed by atoms with E-state index in [1.807, 2.05) is 29.8 Å². The van der Waals surface area contributed by atoms with Crippen LogP contribution in [0.4, 0.5) is 0 Å². The Kier molecular flexibility index (Phi) is 5.01. The second-order valence-electron chi connectivity index (χ2n) is 6.31. The molecule has 0 saturated heterocycles. The molecular formula is C20H17ClN6O2. The summed E-state index contributed by atoms with van der Waals surface area (Å²) >= 11 is 5.99. The van der Waals surface area contributed by atoms with E-state index in [1.165, 1.54) is 0 Å². The highest BCUT2D eigenvalue weighted by molar-refractivity contribution is 6.30. The summed E-state index contributed by atoms with van der Waals surface area (Å²) in [5.41, 5.74) is 6.75. The summed E-state index contributed by atoms with van der Waals surface area (Å²) in [4.78, 5) is 16.6. The van der Waals surface area contributed by atoms with Crippen LogP contribution >= 0.6 is 11.6 Å². The van der Waals surface area contributed by atoms with Crippen molar-refractivity contribution in [1.29, 1.82) is 0 Å². The summed E-state index contributed by atoms with van der Waals surface area (Å²) in [5.74, 6) is 0.158. The fraction of sp³-hybridized carbons (Fsp3) is 0.100. The highest BCUT2D eigenvalue weighted by Crippen LogP contribution is 2.31. The molecule has 0 unspecified atom stereocenters. The first-order valence-corrected chi connectivity index (χ1v) is 9.07. The number of halogens is 1. The predicted molar refractivity (Wildman–Crippen MR) is 111 cm³/mol. The number of aromatic amines is 1. The number of imidazole rings is 1. The number of aryl methyl sites for hydroxylation is 1. The second kappa shape index (κ2) is 7.76. The van der Waals surface area contributed by atoms with Crippen molar-refractivity contribution in [2.75, 3.05) is 7.11 Å². The number of benzene rings is 2. The van der Waals surface area contributed by atoms with Gasteiger partial charge in [0.1, 0.15) is 11.4 Å². The van der Waals surface area contributed by atoms with Gasteiger partial charge in [-0.2, -0.15) is 10.2 Å². The average Bonchev–Trinajstić information content (AvgIpc) is 3.35. The van der Waals surface area contributed by atoms with Gasteiger partial charge in [-0.3, -0.25) is 9.89 Å². The molecule has 2 heterocycles. The van der Waals surface area contributed by atoms with E-state index < -0.39 is 5.91 Å². The molecule has 0 aliphatic rings. The molecule has 146 valence electrons. The lowest BCUT2D eigenvalue weighted by Crippen LogP contribution is -2.18. The first-order valence-electron chi connectivity index (χ1n) is 8.69. The number of carbonyl (C=O) groups excluding carboxylic acids is 1. The van der Waals surface area contributed by atoms with Crippen molar-refractivity contribution in [1.82, 2.24) is 25.2 Å². The molecule has 0 aliphatic carbocycles. The molecule has 2 N–H and O–H groups in total. The van der Waals surface area contributed by atoms with E-state index in [1.54, 1.807) is 43.9 Å². The van der Waals surface area contributed by atoms with Crippen LogP contribution in [-0.2, 0) is 7.05 Å². The number of hydrogen-bond acceptors (Lipinski definition) is 5. The zero-order valence-electron chi connectivity index (χ0n) is 15.7. The van der Waals surface area contributed by atoms with Gasteiger partial charge in [0.15, 0.2) is 0 Å². The number of hydrogen-bond donors (Lipinski definition) is 2. The van der Waals surface area contributed by atoms with Gasteiger partial charge in [0.25, 0.3) is 5.91 Å². The molecule has 9 heteroatoms. The van der Waals surface area contributed by atoms with Gasteiger partial charge in [-0.05, 0) is 42.0 Å². The monoisotopic (exact) mass is 408 g/mol. The molecule has 2 aromatic heterocycles. The average molecular weight is 409 g/mol. The second-order valence-corrected chi connectivity index (χ2v) is 6.75. The standard InChI is InChI=1S/C20H17ClN6O2/c1-27-11-22-16-7-12(3-6-18(16)27)10-23-26-20(28)17-9-15(24-25-17)14-5-4-13(21)8-19(14)29-2/h3-11H,1-2H3,(H,24,25)(H,26,28). The number of rotatable bonds is 5. The number of aromatic nitrogens is 4. The van der Waals surface area contributed by atoms with Gasteiger partial charge >= 0.3 is 0 Å². The Morgan fingerprint density at radius 3 is 2.97 bits per heavy atom. The van der Waals surface area contributed by atoms with Crippen LogP contribution in [0, 0.1) is 0 Å². The summed E-state index contributed by atoms with van der Waals surface area (Å²) in [6.45, 7) is 0. The number of amides is 1. The number of H-pyrrole nitrogens is 1. The molecule has 0 aliphatic heterocycles. The van der Waals surface area contributed by atoms with Crippen molar-refractivity contribution >= 4 is 34.8 Å². The Morgan fingerprint density at radius 2 is 2.14 bits per heavy atom. The molecule has 1 amide bonds. The lowest BCUT2D eigenvalue weighted by atomic mass is 10.1. The van der Waals surface area contributed by atoms with E-state index in [9.17, 15) is 4.79 Å². The van der Waals surface area contributed by atoms with Gasteiger partial charge < -0.3 is 9.30 Å². The molecule has 4 aromatic rings. The summed E-state index contributed by atoms with van der Waals surface area (Å²) in [5, 5.41) is 11.4. The van der Waals surface area contributed by atoms with Crippen LogP contribution in [0.3, 0.4) is 0 Å². The zero-order valence-corrected chi connectivity index (χ0v) is 16.4. The quantitative estimate of drug-likeness (QED) is 0.390. The number of ether oxygens (including phenoxy) is 1. The summed E-state index contributed by atoms with van der Waals surface area (Å²) in [7, 11) is 3.48. The predicted octanol–water partition coefficient (Wildman–Crippen LogP) is 3.39. The molecule has 2 aromatic carbocycles. The Hall–Kier alpha value is -3.65. The highest BCUT2D eigenvalue weighted by Gasteiger charge is 2.14. The first kappa shape index (κ1) is 18.7. The summed E-state index contributed by atoms with van der Waals surface area (Å²) in [6.07, 6.45) is 3.31. The van der Waals surface area contributed by atoms with Gasteiger partial charge in [0.2, 0.25) is 0 Å². The number of nitrogens with zero attached hydrogens (tertiary/aromatic N) is 4. The maximum Gasteiger partial charge on any atom is 0.289 e. The van der Waals surface area contributed by atoms with E-state index in [2.05, 4.69) is 25.7 Å².